The van der Waals surface area contributed by atoms with Crippen molar-refractivity contribution < 1.29 is 57.5 Å². The zero-order chi connectivity index (χ0) is 31.8. The molecule has 0 aromatic heterocycles. The Balaban J connectivity index is 1.14. The van der Waals surface area contributed by atoms with Gasteiger partial charge in [-0.05, 0) is 32.3 Å². The monoisotopic (exact) mass is 621 g/mol. The molecule has 0 aliphatic carbocycles. The van der Waals surface area contributed by atoms with Crippen LogP contribution >= 0.6 is 0 Å². The van der Waals surface area contributed by atoms with Crippen LogP contribution in [0.3, 0.4) is 0 Å². The minimum atomic E-state index is -1.17. The van der Waals surface area contributed by atoms with Crippen molar-refractivity contribution in [3.63, 3.8) is 0 Å². The number of carbonyl (C=O) groups excluding carboxylic acids is 5. The van der Waals surface area contributed by atoms with E-state index in [1.807, 2.05) is 30.3 Å². The zero-order valence-corrected chi connectivity index (χ0v) is 24.8. The van der Waals surface area contributed by atoms with E-state index >= 15 is 0 Å². The minimum absolute atomic E-state index is 0.109. The topological polar surface area (TPSA) is 188 Å². The molecule has 3 aliphatic heterocycles. The molecule has 0 unspecified atom stereocenters. The van der Waals surface area contributed by atoms with Crippen LogP contribution in [-0.2, 0) is 54.2 Å². The Kier molecular flexibility index (Phi) is 11.5. The maximum absolute atomic E-state index is 12.7. The normalized spacial score (nSPS) is 26.2. The fourth-order valence-electron chi connectivity index (χ4n) is 5.12. The summed E-state index contributed by atoms with van der Waals surface area (Å²) in [5.41, 5.74) is 0.891. The van der Waals surface area contributed by atoms with Gasteiger partial charge in [-0.15, -0.1) is 0 Å². The standard InChI is InChI=1S/C29H39N3O12/c1-16(30-25(35)17(2)43-24-22(31-18(3)33)28-40-14-21(44-28)23(24)34)26(36)41-15-42-29(38)32-11-9-20(10-12-32)27(37)39-13-19-7-5-4-6-8-19/h4-8,16-17,20-24,28,34H,9-15H2,1-3H3,(H,30,35)(H,31,33)/t16-,17+,21+,22+,23+,24+,28+/m0/s1. The van der Waals surface area contributed by atoms with Gasteiger partial charge in [0.1, 0.15) is 43.1 Å². The number of aliphatic hydroxyl groups excluding tert-OH is 1. The van der Waals surface area contributed by atoms with Crippen LogP contribution < -0.4 is 10.6 Å². The van der Waals surface area contributed by atoms with Crippen molar-refractivity contribution in [2.75, 3.05) is 26.5 Å². The van der Waals surface area contributed by atoms with E-state index < -0.39 is 73.5 Å². The first-order valence-electron chi connectivity index (χ1n) is 14.5. The van der Waals surface area contributed by atoms with Gasteiger partial charge in [-0.3, -0.25) is 14.4 Å². The number of hydrogen-bond acceptors (Lipinski definition) is 12. The molecule has 0 radical (unpaired) electrons. The fourth-order valence-corrected chi connectivity index (χ4v) is 5.12. The van der Waals surface area contributed by atoms with Crippen molar-refractivity contribution in [2.24, 2.45) is 5.92 Å². The van der Waals surface area contributed by atoms with Gasteiger partial charge in [-0.2, -0.15) is 0 Å². The van der Waals surface area contributed by atoms with Crippen LogP contribution in [0, 0.1) is 5.92 Å². The summed E-state index contributed by atoms with van der Waals surface area (Å²) in [5.74, 6) is -2.57. The number of aliphatic hydroxyl groups is 1. The number of carbonyl (C=O) groups is 5. The highest BCUT2D eigenvalue weighted by Gasteiger charge is 2.52. The van der Waals surface area contributed by atoms with Crippen molar-refractivity contribution in [2.45, 2.75) is 83.0 Å². The molecule has 44 heavy (non-hydrogen) atoms. The Hall–Kier alpha value is -3.79. The Morgan fingerprint density at radius 1 is 1.05 bits per heavy atom. The predicted octanol–water partition coefficient (Wildman–Crippen LogP) is -0.0218. The van der Waals surface area contributed by atoms with Crippen molar-refractivity contribution in [1.82, 2.24) is 15.5 Å². The average molecular weight is 622 g/mol. The van der Waals surface area contributed by atoms with Gasteiger partial charge in [0, 0.05) is 20.0 Å². The summed E-state index contributed by atoms with van der Waals surface area (Å²) < 4.78 is 32.2. The van der Waals surface area contributed by atoms with Crippen LogP contribution in [0.15, 0.2) is 30.3 Å². The van der Waals surface area contributed by atoms with Crippen LogP contribution in [0.2, 0.25) is 0 Å². The molecule has 3 fully saturated rings. The van der Waals surface area contributed by atoms with Gasteiger partial charge in [0.2, 0.25) is 18.6 Å². The second-order valence-corrected chi connectivity index (χ2v) is 10.9. The molecule has 0 saturated carbocycles. The van der Waals surface area contributed by atoms with E-state index in [2.05, 4.69) is 10.6 Å². The lowest BCUT2D eigenvalue weighted by Gasteiger charge is -2.39. The zero-order valence-electron chi connectivity index (χ0n) is 24.8. The maximum Gasteiger partial charge on any atom is 0.412 e. The first kappa shape index (κ1) is 33.1. The predicted molar refractivity (Wildman–Crippen MR) is 148 cm³/mol. The first-order chi connectivity index (χ1) is 21.0. The number of piperidine rings is 1. The molecule has 15 heteroatoms. The van der Waals surface area contributed by atoms with E-state index in [-0.39, 0.29) is 38.2 Å². The van der Waals surface area contributed by atoms with E-state index in [4.69, 9.17) is 28.4 Å². The molecule has 3 saturated heterocycles. The largest absolute Gasteiger partial charge is 0.461 e. The van der Waals surface area contributed by atoms with Crippen LogP contribution in [0.25, 0.3) is 0 Å². The fraction of sp³-hybridized carbons (Fsp3) is 0.621. The third kappa shape index (κ3) is 8.65. The van der Waals surface area contributed by atoms with Crippen molar-refractivity contribution in [1.29, 1.82) is 0 Å². The molecule has 242 valence electrons. The van der Waals surface area contributed by atoms with Crippen molar-refractivity contribution in [3.05, 3.63) is 35.9 Å². The van der Waals surface area contributed by atoms with E-state index in [0.29, 0.717) is 12.8 Å². The number of rotatable bonds is 11. The number of esters is 2. The molecule has 3 amide bonds. The lowest BCUT2D eigenvalue weighted by atomic mass is 9.97. The highest BCUT2D eigenvalue weighted by Crippen LogP contribution is 2.30. The summed E-state index contributed by atoms with van der Waals surface area (Å²) >= 11 is 0. The quantitative estimate of drug-likeness (QED) is 0.222. The number of nitrogens with one attached hydrogen (secondary N) is 2. The summed E-state index contributed by atoms with van der Waals surface area (Å²) in [6.45, 7) is 4.29. The lowest BCUT2D eigenvalue weighted by Crippen LogP contribution is -2.62. The summed E-state index contributed by atoms with van der Waals surface area (Å²) in [5, 5.41) is 15.7. The molecule has 2 bridgehead atoms. The van der Waals surface area contributed by atoms with Crippen LogP contribution in [0.4, 0.5) is 4.79 Å². The minimum Gasteiger partial charge on any atom is -0.461 e. The Bertz CT molecular complexity index is 1180. The summed E-state index contributed by atoms with van der Waals surface area (Å²) in [6, 6.07) is 7.37. The molecule has 7 atom stereocenters. The molecule has 3 heterocycles. The van der Waals surface area contributed by atoms with E-state index in [0.717, 1.165) is 5.56 Å². The number of fused-ring (bicyclic) bond motifs is 2. The van der Waals surface area contributed by atoms with Gasteiger partial charge in [-0.1, -0.05) is 30.3 Å². The number of ether oxygens (including phenoxy) is 6. The maximum atomic E-state index is 12.7. The Morgan fingerprint density at radius 2 is 1.75 bits per heavy atom. The van der Waals surface area contributed by atoms with Crippen molar-refractivity contribution in [3.8, 4) is 0 Å². The molecule has 4 rings (SSSR count). The average Bonchev–Trinajstić information content (AvgIpc) is 3.47. The van der Waals surface area contributed by atoms with Gasteiger partial charge in [0.15, 0.2) is 6.29 Å². The van der Waals surface area contributed by atoms with Gasteiger partial charge in [0.25, 0.3) is 0 Å². The lowest BCUT2D eigenvalue weighted by molar-refractivity contribution is -0.210. The van der Waals surface area contributed by atoms with E-state index in [9.17, 15) is 29.1 Å². The van der Waals surface area contributed by atoms with E-state index in [1.165, 1.54) is 25.7 Å². The molecule has 0 spiro atoms. The highest BCUT2D eigenvalue weighted by atomic mass is 16.7. The Labute approximate surface area is 254 Å². The number of likely N-dealkylation sites (tertiary alicyclic amines) is 1. The third-order valence-electron chi connectivity index (χ3n) is 7.61. The summed E-state index contributed by atoms with van der Waals surface area (Å²) in [6.07, 6.45) is -4.68. The molecule has 1 aromatic carbocycles. The van der Waals surface area contributed by atoms with Gasteiger partial charge < -0.3 is 49.1 Å². The number of nitrogens with zero attached hydrogens (tertiary/aromatic N) is 1. The third-order valence-corrected chi connectivity index (χ3v) is 7.61. The van der Waals surface area contributed by atoms with Gasteiger partial charge in [-0.25, -0.2) is 9.59 Å². The first-order valence-corrected chi connectivity index (χ1v) is 14.5. The van der Waals surface area contributed by atoms with Gasteiger partial charge in [0.05, 0.1) is 12.5 Å². The van der Waals surface area contributed by atoms with Crippen LogP contribution in [-0.4, -0.2) is 109 Å². The van der Waals surface area contributed by atoms with Crippen LogP contribution in [0.1, 0.15) is 39.2 Å². The summed E-state index contributed by atoms with van der Waals surface area (Å²) in [7, 11) is 0. The SMILES string of the molecule is CC(=O)N[C@H]1[C@@H]2OC[C@@H](O2)[C@@H](O)[C@@H]1O[C@H](C)C(=O)N[C@@H](C)C(=O)OCOC(=O)N1CCC(C(=O)OCc2ccccc2)CC1. The highest BCUT2D eigenvalue weighted by molar-refractivity contribution is 5.86. The number of amides is 3. The second kappa shape index (κ2) is 15.3. The smallest absolute Gasteiger partial charge is 0.412 e. The molecule has 1 aromatic rings. The van der Waals surface area contributed by atoms with Crippen molar-refractivity contribution >= 4 is 29.8 Å². The summed E-state index contributed by atoms with van der Waals surface area (Å²) in [4.78, 5) is 63.0. The second-order valence-electron chi connectivity index (χ2n) is 10.9. The number of benzene rings is 1. The molecular formula is C29H39N3O12. The number of hydrogen-bond donors (Lipinski definition) is 3. The Morgan fingerprint density at radius 3 is 2.43 bits per heavy atom. The molecule has 3 aliphatic rings. The van der Waals surface area contributed by atoms with Crippen LogP contribution in [0.5, 0.6) is 0 Å². The molecule has 15 nitrogen and oxygen atoms in total. The molecule has 3 N–H and O–H groups in total. The molecular weight excluding hydrogens is 582 g/mol. The van der Waals surface area contributed by atoms with Gasteiger partial charge >= 0.3 is 18.0 Å². The van der Waals surface area contributed by atoms with E-state index in [1.54, 1.807) is 0 Å².